The third kappa shape index (κ3) is 4.42. The average Bonchev–Trinajstić information content (AvgIpc) is 3.50. The minimum absolute atomic E-state index is 0.0495. The van der Waals surface area contributed by atoms with E-state index in [2.05, 4.69) is 20.1 Å². The number of nitrogens with zero attached hydrogens (tertiary/aromatic N) is 5. The molecule has 1 aliphatic carbocycles. The lowest BCUT2D eigenvalue weighted by molar-refractivity contribution is -0.144. The van der Waals surface area contributed by atoms with Crippen LogP contribution in [0.1, 0.15) is 48.0 Å². The number of hydrogen-bond acceptors (Lipinski definition) is 8. The molecular formula is C23H27N5O4. The van der Waals surface area contributed by atoms with Gasteiger partial charge in [0, 0.05) is 18.4 Å². The van der Waals surface area contributed by atoms with Crippen LogP contribution < -0.4 is 9.47 Å². The molecule has 3 aromatic rings. The van der Waals surface area contributed by atoms with Crippen molar-refractivity contribution in [3.05, 3.63) is 53.0 Å². The van der Waals surface area contributed by atoms with Crippen LogP contribution in [0.2, 0.25) is 0 Å². The quantitative estimate of drug-likeness (QED) is 0.496. The van der Waals surface area contributed by atoms with Crippen molar-refractivity contribution in [2.75, 3.05) is 20.8 Å². The van der Waals surface area contributed by atoms with Gasteiger partial charge in [-0.1, -0.05) is 6.07 Å². The van der Waals surface area contributed by atoms with Crippen molar-refractivity contribution in [3.8, 4) is 17.3 Å². The number of carbonyl (C=O) groups is 1. The van der Waals surface area contributed by atoms with Gasteiger partial charge < -0.3 is 14.2 Å². The second-order valence-corrected chi connectivity index (χ2v) is 7.75. The zero-order chi connectivity index (χ0) is 22.8. The predicted molar refractivity (Wildman–Crippen MR) is 116 cm³/mol. The highest BCUT2D eigenvalue weighted by molar-refractivity contribution is 5.77. The highest BCUT2D eigenvalue weighted by atomic mass is 16.5. The molecule has 0 saturated heterocycles. The van der Waals surface area contributed by atoms with Crippen molar-refractivity contribution >= 4 is 5.97 Å². The molecule has 2 heterocycles. The van der Waals surface area contributed by atoms with E-state index >= 15 is 0 Å². The summed E-state index contributed by atoms with van der Waals surface area (Å²) in [5, 5.41) is 4.57. The van der Waals surface area contributed by atoms with Gasteiger partial charge in [0.05, 0.1) is 32.4 Å². The topological polar surface area (TPSA) is 101 Å². The van der Waals surface area contributed by atoms with E-state index in [0.29, 0.717) is 42.0 Å². The second kappa shape index (κ2) is 8.94. The van der Waals surface area contributed by atoms with Crippen molar-refractivity contribution in [1.29, 1.82) is 0 Å². The number of ether oxygens (including phenoxy) is 3. The van der Waals surface area contributed by atoms with Gasteiger partial charge in [0.1, 0.15) is 17.5 Å². The first kappa shape index (κ1) is 21.7. The van der Waals surface area contributed by atoms with Crippen LogP contribution in [-0.2, 0) is 16.0 Å². The Bertz CT molecular complexity index is 1140. The molecule has 0 spiro atoms. The van der Waals surface area contributed by atoms with Crippen LogP contribution >= 0.6 is 0 Å². The van der Waals surface area contributed by atoms with Crippen LogP contribution in [0.3, 0.4) is 0 Å². The molecule has 0 unspecified atom stereocenters. The number of aryl methyl sites for hydroxylation is 2. The van der Waals surface area contributed by atoms with Crippen molar-refractivity contribution in [3.63, 3.8) is 0 Å². The Morgan fingerprint density at radius 1 is 1.06 bits per heavy atom. The van der Waals surface area contributed by atoms with E-state index in [-0.39, 0.29) is 17.8 Å². The SMILES string of the molecule is CCOC(=O)[C@@H]1C[C@H]1c1cc(-n2nc(C)nc2Cc2ccc(OC)c(OC)c2)nc(C)n1. The largest absolute Gasteiger partial charge is 0.493 e. The fourth-order valence-corrected chi connectivity index (χ4v) is 3.83. The number of methoxy groups -OCH3 is 2. The summed E-state index contributed by atoms with van der Waals surface area (Å²) in [5.74, 6) is 3.73. The molecule has 1 fully saturated rings. The molecule has 2 atom stereocenters. The monoisotopic (exact) mass is 437 g/mol. The molecule has 1 saturated carbocycles. The molecule has 1 aliphatic rings. The lowest BCUT2D eigenvalue weighted by Crippen LogP contribution is -2.10. The third-order valence-corrected chi connectivity index (χ3v) is 5.41. The fraction of sp³-hybridized carbons (Fsp3) is 0.435. The van der Waals surface area contributed by atoms with E-state index in [4.69, 9.17) is 14.2 Å². The van der Waals surface area contributed by atoms with Crippen LogP contribution in [0.15, 0.2) is 24.3 Å². The van der Waals surface area contributed by atoms with Crippen molar-refractivity contribution in [2.24, 2.45) is 5.92 Å². The van der Waals surface area contributed by atoms with Gasteiger partial charge >= 0.3 is 5.97 Å². The number of benzene rings is 1. The summed E-state index contributed by atoms with van der Waals surface area (Å²) in [7, 11) is 3.22. The van der Waals surface area contributed by atoms with Crippen LogP contribution in [0.25, 0.3) is 5.82 Å². The maximum atomic E-state index is 12.1. The molecule has 9 heteroatoms. The first-order chi connectivity index (χ1) is 15.4. The minimum atomic E-state index is -0.166. The predicted octanol–water partition coefficient (Wildman–Crippen LogP) is 2.95. The van der Waals surface area contributed by atoms with Gasteiger partial charge in [-0.05, 0) is 44.9 Å². The molecule has 0 aliphatic heterocycles. The molecule has 32 heavy (non-hydrogen) atoms. The van der Waals surface area contributed by atoms with Gasteiger partial charge in [0.15, 0.2) is 17.3 Å². The fourth-order valence-electron chi connectivity index (χ4n) is 3.83. The van der Waals surface area contributed by atoms with Gasteiger partial charge in [0.25, 0.3) is 0 Å². The Hall–Kier alpha value is -3.49. The average molecular weight is 438 g/mol. The van der Waals surface area contributed by atoms with Crippen molar-refractivity contribution < 1.29 is 19.0 Å². The third-order valence-electron chi connectivity index (χ3n) is 5.41. The lowest BCUT2D eigenvalue weighted by atomic mass is 10.1. The molecule has 9 nitrogen and oxygen atoms in total. The molecule has 168 valence electrons. The standard InChI is InChI=1S/C23H27N5O4/c1-6-32-23(29)17-11-16(17)18-12-22(25-13(2)24-18)28-21(26-14(3)27-28)10-15-7-8-19(30-4)20(9-15)31-5/h7-9,12,16-17H,6,10-11H2,1-5H3/t16-,17-/m1/s1. The number of carbonyl (C=O) groups excluding carboxylic acids is 1. The van der Waals surface area contributed by atoms with Crippen LogP contribution in [0.4, 0.5) is 0 Å². The summed E-state index contributed by atoms with van der Waals surface area (Å²) in [4.78, 5) is 25.8. The van der Waals surface area contributed by atoms with Gasteiger partial charge in [-0.2, -0.15) is 4.68 Å². The molecule has 4 rings (SSSR count). The maximum absolute atomic E-state index is 12.1. The highest BCUT2D eigenvalue weighted by Gasteiger charge is 2.46. The van der Waals surface area contributed by atoms with E-state index in [1.54, 1.807) is 18.9 Å². The Balaban J connectivity index is 1.63. The summed E-state index contributed by atoms with van der Waals surface area (Å²) >= 11 is 0. The van der Waals surface area contributed by atoms with Gasteiger partial charge in [-0.3, -0.25) is 4.79 Å². The van der Waals surface area contributed by atoms with Gasteiger partial charge in [0.2, 0.25) is 0 Å². The summed E-state index contributed by atoms with van der Waals surface area (Å²) in [6, 6.07) is 7.67. The first-order valence-corrected chi connectivity index (χ1v) is 10.6. The normalized spacial score (nSPS) is 17.2. The molecule has 0 amide bonds. The molecule has 0 bridgehead atoms. The number of rotatable bonds is 8. The van der Waals surface area contributed by atoms with E-state index in [1.807, 2.05) is 45.0 Å². The van der Waals surface area contributed by atoms with Crippen molar-refractivity contribution in [1.82, 2.24) is 24.7 Å². The summed E-state index contributed by atoms with van der Waals surface area (Å²) < 4.78 is 17.6. The zero-order valence-electron chi connectivity index (χ0n) is 19.0. The van der Waals surface area contributed by atoms with E-state index in [1.165, 1.54) is 0 Å². The Morgan fingerprint density at radius 3 is 2.56 bits per heavy atom. The highest BCUT2D eigenvalue weighted by Crippen LogP contribution is 2.47. The lowest BCUT2D eigenvalue weighted by Gasteiger charge is -2.11. The van der Waals surface area contributed by atoms with Crippen LogP contribution in [0.5, 0.6) is 11.5 Å². The zero-order valence-corrected chi connectivity index (χ0v) is 19.0. The molecule has 0 radical (unpaired) electrons. The van der Waals surface area contributed by atoms with Gasteiger partial charge in [-0.15, -0.1) is 5.10 Å². The molecule has 1 aromatic carbocycles. The van der Waals surface area contributed by atoms with Gasteiger partial charge in [-0.25, -0.2) is 15.0 Å². The maximum Gasteiger partial charge on any atom is 0.309 e. The Kier molecular flexibility index (Phi) is 6.07. The summed E-state index contributed by atoms with van der Waals surface area (Å²) in [6.07, 6.45) is 1.28. The van der Waals surface area contributed by atoms with Crippen molar-refractivity contribution in [2.45, 2.75) is 39.5 Å². The number of aromatic nitrogens is 5. The van der Waals surface area contributed by atoms with E-state index in [0.717, 1.165) is 23.5 Å². The second-order valence-electron chi connectivity index (χ2n) is 7.75. The van der Waals surface area contributed by atoms with Crippen LogP contribution in [0, 0.1) is 19.8 Å². The number of esters is 1. The number of hydrogen-bond donors (Lipinski definition) is 0. The Morgan fingerprint density at radius 2 is 1.84 bits per heavy atom. The Labute approximate surface area is 186 Å². The first-order valence-electron chi connectivity index (χ1n) is 10.6. The van der Waals surface area contributed by atoms with Crippen LogP contribution in [-0.4, -0.2) is 51.5 Å². The summed E-state index contributed by atoms with van der Waals surface area (Å²) in [6.45, 7) is 5.89. The van der Waals surface area contributed by atoms with E-state index < -0.39 is 0 Å². The smallest absolute Gasteiger partial charge is 0.309 e. The molecule has 2 aromatic heterocycles. The molecular weight excluding hydrogens is 410 g/mol. The summed E-state index contributed by atoms with van der Waals surface area (Å²) in [5.41, 5.74) is 1.84. The van der Waals surface area contributed by atoms with E-state index in [9.17, 15) is 4.79 Å². The molecule has 0 N–H and O–H groups in total. The minimum Gasteiger partial charge on any atom is -0.493 e.